The second kappa shape index (κ2) is 8.34. The van der Waals surface area contributed by atoms with E-state index in [4.69, 9.17) is 20.6 Å². The molecular formula is C21H23N5O4. The van der Waals surface area contributed by atoms with Crippen molar-refractivity contribution in [2.75, 3.05) is 7.11 Å². The first-order valence-corrected chi connectivity index (χ1v) is 9.17. The van der Waals surface area contributed by atoms with Gasteiger partial charge in [0.05, 0.1) is 11.0 Å². The molecule has 30 heavy (non-hydrogen) atoms. The van der Waals surface area contributed by atoms with E-state index in [1.807, 2.05) is 18.2 Å². The number of methoxy groups -OCH3 is 1. The minimum absolute atomic E-state index is 0.0410. The van der Waals surface area contributed by atoms with Crippen LogP contribution in [0.2, 0.25) is 0 Å². The van der Waals surface area contributed by atoms with E-state index in [0.717, 1.165) is 11.1 Å². The second-order valence-electron chi connectivity index (χ2n) is 6.69. The summed E-state index contributed by atoms with van der Waals surface area (Å²) in [5, 5.41) is 10.2. The Morgan fingerprint density at radius 2 is 1.87 bits per heavy atom. The van der Waals surface area contributed by atoms with Crippen molar-refractivity contribution in [2.45, 2.75) is 19.3 Å². The molecule has 4 N–H and O–H groups in total. The summed E-state index contributed by atoms with van der Waals surface area (Å²) in [5.74, 6) is -3.32. The highest BCUT2D eigenvalue weighted by molar-refractivity contribution is 5.95. The van der Waals surface area contributed by atoms with Gasteiger partial charge in [-0.2, -0.15) is 0 Å². The average Bonchev–Trinajstić information content (AvgIpc) is 3.07. The number of nitrogens with zero attached hydrogens (tertiary/aromatic N) is 2. The van der Waals surface area contributed by atoms with Crippen LogP contribution in [0, 0.1) is 5.41 Å². The molecule has 0 fully saturated rings. The van der Waals surface area contributed by atoms with Crippen molar-refractivity contribution < 1.29 is 19.1 Å². The monoisotopic (exact) mass is 409 g/mol. The van der Waals surface area contributed by atoms with Gasteiger partial charge in [0.1, 0.15) is 5.84 Å². The van der Waals surface area contributed by atoms with Gasteiger partial charge in [0, 0.05) is 33.2 Å². The number of amidine groups is 1. The molecule has 1 atom stereocenters. The van der Waals surface area contributed by atoms with Crippen molar-refractivity contribution >= 4 is 28.7 Å². The first-order valence-electron chi connectivity index (χ1n) is 9.17. The van der Waals surface area contributed by atoms with E-state index in [1.165, 1.54) is 14.0 Å². The number of hydrogen-bond acceptors (Lipinski definition) is 6. The highest BCUT2D eigenvalue weighted by Gasteiger charge is 2.48. The van der Waals surface area contributed by atoms with Crippen molar-refractivity contribution in [2.24, 2.45) is 12.8 Å². The fourth-order valence-electron chi connectivity index (χ4n) is 3.16. The lowest BCUT2D eigenvalue weighted by atomic mass is 10.1. The van der Waals surface area contributed by atoms with E-state index < -0.39 is 17.7 Å². The predicted octanol–water partition coefficient (Wildman–Crippen LogP) is 1.54. The number of aryl methyl sites for hydroxylation is 1. The summed E-state index contributed by atoms with van der Waals surface area (Å²) in [5.41, 5.74) is 8.20. The van der Waals surface area contributed by atoms with E-state index in [-0.39, 0.29) is 18.2 Å². The molecule has 1 heterocycles. The molecule has 0 radical (unpaired) electrons. The molecule has 0 spiro atoms. The number of ether oxygens (including phenoxy) is 2. The maximum atomic E-state index is 13.2. The van der Waals surface area contributed by atoms with E-state index in [0.29, 0.717) is 11.1 Å². The summed E-state index contributed by atoms with van der Waals surface area (Å²) < 4.78 is 12.5. The standard InChI is InChI=1S/C21H23N5O4/c1-13(27)30-21(29-3,19-25-16-6-4-5-7-17(16)26(19)2)20(28)24-12-14-8-10-15(11-9-14)18(22)23/h4-11H,12H2,1-3H3,(H3,22,23)(H,24,28)/t21-/m0/s1. The van der Waals surface area contributed by atoms with Crippen molar-refractivity contribution in [3.05, 3.63) is 65.5 Å². The van der Waals surface area contributed by atoms with E-state index >= 15 is 0 Å². The number of amides is 1. The van der Waals surface area contributed by atoms with Gasteiger partial charge in [-0.15, -0.1) is 0 Å². The fraction of sp³-hybridized carbons (Fsp3) is 0.238. The van der Waals surface area contributed by atoms with Gasteiger partial charge in [-0.1, -0.05) is 36.4 Å². The largest absolute Gasteiger partial charge is 0.416 e. The SMILES string of the molecule is CO[C@@](OC(C)=O)(C(=O)NCc1ccc(C(=N)N)cc1)c1nc2ccccc2n1C. The van der Waals surface area contributed by atoms with Gasteiger partial charge in [-0.25, -0.2) is 4.98 Å². The third-order valence-corrected chi connectivity index (χ3v) is 4.67. The van der Waals surface area contributed by atoms with Gasteiger partial charge in [0.2, 0.25) is 0 Å². The molecule has 0 saturated heterocycles. The van der Waals surface area contributed by atoms with E-state index in [2.05, 4.69) is 10.3 Å². The highest BCUT2D eigenvalue weighted by Crippen LogP contribution is 2.29. The summed E-state index contributed by atoms with van der Waals surface area (Å²) in [6.45, 7) is 1.34. The van der Waals surface area contributed by atoms with Gasteiger partial charge >= 0.3 is 17.7 Å². The quantitative estimate of drug-likeness (QED) is 0.235. The molecule has 9 heteroatoms. The smallest absolute Gasteiger partial charge is 0.353 e. The summed E-state index contributed by atoms with van der Waals surface area (Å²) >= 11 is 0. The zero-order valence-corrected chi connectivity index (χ0v) is 16.9. The van der Waals surface area contributed by atoms with Gasteiger partial charge in [-0.05, 0) is 17.7 Å². The molecule has 0 aliphatic carbocycles. The Kier molecular flexibility index (Phi) is 5.84. The van der Waals surface area contributed by atoms with Crippen molar-refractivity contribution in [3.63, 3.8) is 0 Å². The number of nitrogen functional groups attached to an aromatic ring is 1. The number of carbonyl (C=O) groups excluding carboxylic acids is 2. The Labute approximate surface area is 173 Å². The number of hydrogen-bond donors (Lipinski definition) is 3. The second-order valence-corrected chi connectivity index (χ2v) is 6.69. The third-order valence-electron chi connectivity index (χ3n) is 4.67. The maximum absolute atomic E-state index is 13.2. The molecule has 9 nitrogen and oxygen atoms in total. The van der Waals surface area contributed by atoms with E-state index in [1.54, 1.807) is 41.9 Å². The zero-order chi connectivity index (χ0) is 21.9. The fourth-order valence-corrected chi connectivity index (χ4v) is 3.16. The molecule has 156 valence electrons. The van der Waals surface area contributed by atoms with Gasteiger partial charge in [0.15, 0.2) is 5.82 Å². The maximum Gasteiger partial charge on any atom is 0.353 e. The van der Waals surface area contributed by atoms with Gasteiger partial charge < -0.3 is 25.1 Å². The Bertz CT molecular complexity index is 1110. The molecule has 0 unspecified atom stereocenters. The van der Waals surface area contributed by atoms with E-state index in [9.17, 15) is 9.59 Å². The Morgan fingerprint density at radius 3 is 2.43 bits per heavy atom. The van der Waals surface area contributed by atoms with Crippen LogP contribution in [-0.2, 0) is 38.4 Å². The molecular weight excluding hydrogens is 386 g/mol. The summed E-state index contributed by atoms with van der Waals surface area (Å²) in [6.07, 6.45) is 0. The number of esters is 1. The first kappa shape index (κ1) is 21.0. The van der Waals surface area contributed by atoms with Crippen molar-refractivity contribution in [1.29, 1.82) is 5.41 Å². The summed E-state index contributed by atoms with van der Waals surface area (Å²) in [6, 6.07) is 14.2. The highest BCUT2D eigenvalue weighted by atomic mass is 16.7. The number of rotatable bonds is 7. The van der Waals surface area contributed by atoms with Crippen LogP contribution in [0.1, 0.15) is 23.9 Å². The lowest BCUT2D eigenvalue weighted by Crippen LogP contribution is -2.50. The van der Waals surface area contributed by atoms with Gasteiger partial charge in [0.25, 0.3) is 0 Å². The van der Waals surface area contributed by atoms with Crippen LogP contribution in [0.15, 0.2) is 48.5 Å². The van der Waals surface area contributed by atoms with Crippen LogP contribution in [0.4, 0.5) is 0 Å². The molecule has 0 saturated carbocycles. The van der Waals surface area contributed by atoms with Crippen molar-refractivity contribution in [3.8, 4) is 0 Å². The molecule has 0 bridgehead atoms. The topological polar surface area (TPSA) is 132 Å². The van der Waals surface area contributed by atoms with Gasteiger partial charge in [-0.3, -0.25) is 15.0 Å². The molecule has 1 aromatic heterocycles. The summed E-state index contributed by atoms with van der Waals surface area (Å²) in [7, 11) is 3.00. The molecule has 3 aromatic rings. The van der Waals surface area contributed by atoms with Crippen LogP contribution < -0.4 is 11.1 Å². The molecule has 0 aliphatic heterocycles. The predicted molar refractivity (Wildman–Crippen MR) is 110 cm³/mol. The molecule has 3 rings (SSSR count). The van der Waals surface area contributed by atoms with Crippen LogP contribution in [-0.4, -0.2) is 34.4 Å². The molecule has 1 amide bonds. The Balaban J connectivity index is 1.93. The number of benzene rings is 2. The summed E-state index contributed by atoms with van der Waals surface area (Å²) in [4.78, 5) is 29.5. The number of para-hydroxylation sites is 2. The number of aromatic nitrogens is 2. The average molecular weight is 409 g/mol. The normalized spacial score (nSPS) is 12.9. The number of fused-ring (bicyclic) bond motifs is 1. The molecule has 0 aliphatic rings. The molecule has 2 aromatic carbocycles. The number of nitrogens with two attached hydrogens (primary N) is 1. The van der Waals surface area contributed by atoms with Crippen LogP contribution >= 0.6 is 0 Å². The zero-order valence-electron chi connectivity index (χ0n) is 16.9. The minimum Gasteiger partial charge on any atom is -0.416 e. The lowest BCUT2D eigenvalue weighted by molar-refractivity contribution is -0.227. The first-order chi connectivity index (χ1) is 14.3. The lowest BCUT2D eigenvalue weighted by Gasteiger charge is -2.29. The van der Waals surface area contributed by atoms with Crippen LogP contribution in [0.25, 0.3) is 11.0 Å². The van der Waals surface area contributed by atoms with Crippen molar-refractivity contribution in [1.82, 2.24) is 14.9 Å². The van der Waals surface area contributed by atoms with Crippen LogP contribution in [0.5, 0.6) is 0 Å². The Hall–Kier alpha value is -3.72. The Morgan fingerprint density at radius 1 is 1.20 bits per heavy atom. The van der Waals surface area contributed by atoms with Crippen LogP contribution in [0.3, 0.4) is 0 Å². The number of imidazole rings is 1. The number of nitrogens with one attached hydrogen (secondary N) is 2. The minimum atomic E-state index is -2.06. The number of carbonyl (C=O) groups is 2. The third kappa shape index (κ3) is 3.87.